The van der Waals surface area contributed by atoms with Crippen LogP contribution < -0.4 is 4.74 Å². The van der Waals surface area contributed by atoms with E-state index in [1.54, 1.807) is 55.6 Å². The summed E-state index contributed by atoms with van der Waals surface area (Å²) >= 11 is 0. The number of carbonyl (C=O) groups is 1. The molecule has 2 aromatic carbocycles. The molecule has 0 heterocycles. The van der Waals surface area contributed by atoms with E-state index in [0.29, 0.717) is 23.2 Å². The van der Waals surface area contributed by atoms with Gasteiger partial charge in [0, 0.05) is 0 Å². The Kier molecular flexibility index (Phi) is 4.72. The van der Waals surface area contributed by atoms with Crippen LogP contribution in [0.2, 0.25) is 0 Å². The topological polar surface area (TPSA) is 52.6 Å². The number of hydrogen-bond donors (Lipinski definition) is 0. The van der Waals surface area contributed by atoms with Crippen LogP contribution in [-0.4, -0.2) is 13.4 Å². The molecule has 0 fully saturated rings. The highest BCUT2D eigenvalue weighted by Gasteiger charge is 2.35. The Balaban J connectivity index is 2.62. The van der Waals surface area contributed by atoms with Gasteiger partial charge in [-0.2, -0.15) is 0 Å². The second-order valence-corrected chi connectivity index (χ2v) is 4.59. The first kappa shape index (κ1) is 14.5. The molecule has 0 aliphatic carbocycles. The average Bonchev–Trinajstić information content (AvgIpc) is 2.53. The predicted molar refractivity (Wildman–Crippen MR) is 77.8 cm³/mol. The van der Waals surface area contributed by atoms with E-state index in [-0.39, 0.29) is 0 Å². The van der Waals surface area contributed by atoms with E-state index in [4.69, 9.17) is 9.26 Å². The van der Waals surface area contributed by atoms with Crippen LogP contribution in [0.4, 0.5) is 0 Å². The van der Waals surface area contributed by atoms with Crippen LogP contribution in [0.25, 0.3) is 0 Å². The van der Waals surface area contributed by atoms with Crippen LogP contribution >= 0.6 is 8.69 Å². The summed E-state index contributed by atoms with van der Waals surface area (Å²) in [5.74, 6) is 0.606. The van der Waals surface area contributed by atoms with Gasteiger partial charge in [-0.05, 0) is 23.3 Å². The summed E-state index contributed by atoms with van der Waals surface area (Å²) in [7, 11) is 0.00207. The van der Waals surface area contributed by atoms with Gasteiger partial charge in [0.15, 0.2) is 20.6 Å². The summed E-state index contributed by atoms with van der Waals surface area (Å²) in [6.07, 6.45) is 0.669. The van der Waals surface area contributed by atoms with Crippen LogP contribution in [0.5, 0.6) is 5.75 Å². The van der Waals surface area contributed by atoms with Crippen molar-refractivity contribution in [1.29, 1.82) is 0 Å². The molecule has 0 saturated heterocycles. The minimum Gasteiger partial charge on any atom is -0.497 e. The summed E-state index contributed by atoms with van der Waals surface area (Å²) in [4.78, 5) is 11.7. The van der Waals surface area contributed by atoms with Gasteiger partial charge >= 0.3 is 0 Å². The molecule has 4 nitrogen and oxygen atoms in total. The fourth-order valence-electron chi connectivity index (χ4n) is 2.08. The number of hydrogen-bond acceptors (Lipinski definition) is 4. The molecular weight excluding hydrogens is 275 g/mol. The molecule has 0 spiro atoms. The molecule has 0 aromatic heterocycles. The lowest BCUT2D eigenvalue weighted by Gasteiger charge is -2.27. The zero-order valence-electron chi connectivity index (χ0n) is 11.0. The normalized spacial score (nSPS) is 14.1. The maximum atomic E-state index is 11.7. The van der Waals surface area contributed by atoms with E-state index in [1.807, 2.05) is 6.07 Å². The standard InChI is InChI=1S/C15H15O4P/c1-18-14-9-5-8-13(10-14)15(11-16,19-20-17)12-6-3-2-4-7-12/h2-11H,20H2,1H3. The predicted octanol–water partition coefficient (Wildman–Crippen LogP) is 2.83. The van der Waals surface area contributed by atoms with Crippen LogP contribution in [0, 0.1) is 0 Å². The lowest BCUT2D eigenvalue weighted by molar-refractivity contribution is -0.118. The largest absolute Gasteiger partial charge is 0.497 e. The minimum absolute atomic E-state index is 0.585. The molecular formula is C15H15O4P. The maximum Gasteiger partial charge on any atom is 0.181 e. The number of aldehydes is 1. The second-order valence-electron chi connectivity index (χ2n) is 4.17. The number of carbonyl (C=O) groups excluding carboxylic acids is 1. The van der Waals surface area contributed by atoms with Gasteiger partial charge in [0.2, 0.25) is 0 Å². The Labute approximate surface area is 118 Å². The summed E-state index contributed by atoms with van der Waals surface area (Å²) < 4.78 is 21.6. The summed E-state index contributed by atoms with van der Waals surface area (Å²) in [5, 5.41) is 0. The molecule has 0 radical (unpaired) electrons. The van der Waals surface area contributed by atoms with Crippen molar-refractivity contribution in [3.05, 3.63) is 65.7 Å². The van der Waals surface area contributed by atoms with Gasteiger partial charge in [-0.15, -0.1) is 0 Å². The Morgan fingerprint density at radius 3 is 2.35 bits per heavy atom. The van der Waals surface area contributed by atoms with Gasteiger partial charge in [-0.1, -0.05) is 42.5 Å². The van der Waals surface area contributed by atoms with Gasteiger partial charge in [0.1, 0.15) is 5.75 Å². The molecule has 2 rings (SSSR count). The molecule has 0 amide bonds. The van der Waals surface area contributed by atoms with E-state index < -0.39 is 14.3 Å². The molecule has 0 bridgehead atoms. The second kappa shape index (κ2) is 6.51. The van der Waals surface area contributed by atoms with Crippen molar-refractivity contribution in [2.75, 3.05) is 7.11 Å². The quantitative estimate of drug-likeness (QED) is 0.606. The zero-order chi connectivity index (χ0) is 14.4. The molecule has 2 atom stereocenters. The Hall–Kier alpha value is -1.90. The van der Waals surface area contributed by atoms with Crippen molar-refractivity contribution in [2.24, 2.45) is 0 Å². The third kappa shape index (κ3) is 2.67. The average molecular weight is 290 g/mol. The van der Waals surface area contributed by atoms with E-state index >= 15 is 0 Å². The van der Waals surface area contributed by atoms with Crippen molar-refractivity contribution in [2.45, 2.75) is 5.60 Å². The van der Waals surface area contributed by atoms with E-state index in [9.17, 15) is 9.36 Å². The molecule has 0 aliphatic rings. The maximum absolute atomic E-state index is 11.7. The molecule has 0 saturated carbocycles. The fourth-order valence-corrected chi connectivity index (χ4v) is 2.56. The van der Waals surface area contributed by atoms with Gasteiger partial charge in [-0.25, -0.2) is 0 Å². The Morgan fingerprint density at radius 2 is 1.75 bits per heavy atom. The Bertz CT molecular complexity index is 600. The van der Waals surface area contributed by atoms with Crippen molar-refractivity contribution in [3.8, 4) is 5.75 Å². The highest BCUT2D eigenvalue weighted by Crippen LogP contribution is 2.36. The lowest BCUT2D eigenvalue weighted by Crippen LogP contribution is -2.30. The molecule has 2 unspecified atom stereocenters. The monoisotopic (exact) mass is 290 g/mol. The molecule has 2 aromatic rings. The first-order valence-corrected chi connectivity index (χ1v) is 6.99. The minimum atomic E-state index is -1.54. The van der Waals surface area contributed by atoms with Crippen molar-refractivity contribution >= 4 is 15.0 Å². The van der Waals surface area contributed by atoms with E-state index in [0.717, 1.165) is 0 Å². The first-order chi connectivity index (χ1) is 9.76. The Morgan fingerprint density at radius 1 is 1.05 bits per heavy atom. The number of rotatable bonds is 6. The number of methoxy groups -OCH3 is 1. The smallest absolute Gasteiger partial charge is 0.181 e. The van der Waals surface area contributed by atoms with Gasteiger partial charge in [0.25, 0.3) is 0 Å². The van der Waals surface area contributed by atoms with Crippen LogP contribution in [0.1, 0.15) is 11.1 Å². The van der Waals surface area contributed by atoms with Crippen molar-refractivity contribution in [1.82, 2.24) is 0 Å². The third-order valence-corrected chi connectivity index (χ3v) is 3.57. The lowest BCUT2D eigenvalue weighted by atomic mass is 9.87. The highest BCUT2D eigenvalue weighted by atomic mass is 31.1. The van der Waals surface area contributed by atoms with Crippen molar-refractivity contribution < 1.29 is 18.6 Å². The van der Waals surface area contributed by atoms with Crippen LogP contribution in [0.3, 0.4) is 0 Å². The van der Waals surface area contributed by atoms with Gasteiger partial charge in [0.05, 0.1) is 7.11 Å². The zero-order valence-corrected chi connectivity index (χ0v) is 12.1. The van der Waals surface area contributed by atoms with Gasteiger partial charge < -0.3 is 9.26 Å². The van der Waals surface area contributed by atoms with Crippen LogP contribution in [-0.2, 0) is 19.5 Å². The molecule has 0 aliphatic heterocycles. The molecule has 5 heteroatoms. The fraction of sp³-hybridized carbons (Fsp3) is 0.133. The first-order valence-electron chi connectivity index (χ1n) is 6.04. The number of ether oxygens (including phenoxy) is 1. The number of benzene rings is 2. The summed E-state index contributed by atoms with van der Waals surface area (Å²) in [6, 6.07) is 16.0. The summed E-state index contributed by atoms with van der Waals surface area (Å²) in [5.41, 5.74) is -0.152. The van der Waals surface area contributed by atoms with Crippen LogP contribution in [0.15, 0.2) is 54.6 Å². The molecule has 104 valence electrons. The van der Waals surface area contributed by atoms with E-state index in [1.165, 1.54) is 0 Å². The van der Waals surface area contributed by atoms with Crippen molar-refractivity contribution in [3.63, 3.8) is 0 Å². The van der Waals surface area contributed by atoms with E-state index in [2.05, 4.69) is 0 Å². The van der Waals surface area contributed by atoms with Gasteiger partial charge in [-0.3, -0.25) is 9.36 Å². The SMILES string of the molecule is COc1cccc(C(C=O)(O[PH2]=O)c2ccccc2)c1. The molecule has 20 heavy (non-hydrogen) atoms. The highest BCUT2D eigenvalue weighted by molar-refractivity contribution is 7.17. The summed E-state index contributed by atoms with van der Waals surface area (Å²) in [6.45, 7) is 0. The third-order valence-electron chi connectivity index (χ3n) is 3.10. The molecule has 0 N–H and O–H groups in total.